The summed E-state index contributed by atoms with van der Waals surface area (Å²) in [5.41, 5.74) is 1.48. The fourth-order valence-corrected chi connectivity index (χ4v) is 3.34. The van der Waals surface area contributed by atoms with Gasteiger partial charge >= 0.3 is 0 Å². The number of carbonyl (C=O) groups is 1. The van der Waals surface area contributed by atoms with E-state index in [4.69, 9.17) is 16.0 Å². The van der Waals surface area contributed by atoms with E-state index >= 15 is 0 Å². The second-order valence-corrected chi connectivity index (χ2v) is 6.20. The van der Waals surface area contributed by atoms with Gasteiger partial charge in [0.1, 0.15) is 5.58 Å². The van der Waals surface area contributed by atoms with Gasteiger partial charge in [0.2, 0.25) is 0 Å². The molecular formula is C16H9ClN2O2S. The largest absolute Gasteiger partial charge is 0.451 e. The first-order valence-electron chi connectivity index (χ1n) is 6.55. The van der Waals surface area contributed by atoms with Crippen LogP contribution in [0, 0.1) is 0 Å². The predicted octanol–water partition coefficient (Wildman–Crippen LogP) is 4.95. The van der Waals surface area contributed by atoms with Crippen LogP contribution in [0.3, 0.4) is 0 Å². The molecule has 4 nitrogen and oxygen atoms in total. The van der Waals surface area contributed by atoms with Crippen LogP contribution in [0.25, 0.3) is 21.2 Å². The van der Waals surface area contributed by atoms with Crippen molar-refractivity contribution in [2.75, 3.05) is 5.32 Å². The van der Waals surface area contributed by atoms with Gasteiger partial charge in [-0.3, -0.25) is 10.1 Å². The molecule has 2 heterocycles. The van der Waals surface area contributed by atoms with Crippen molar-refractivity contribution in [1.29, 1.82) is 0 Å². The Morgan fingerprint density at radius 1 is 1.18 bits per heavy atom. The zero-order valence-electron chi connectivity index (χ0n) is 11.2. The molecule has 1 N–H and O–H groups in total. The van der Waals surface area contributed by atoms with Gasteiger partial charge in [-0.15, -0.1) is 0 Å². The maximum Gasteiger partial charge on any atom is 0.293 e. The minimum absolute atomic E-state index is 0.262. The Bertz CT molecular complexity index is 973. The number of nitrogens with one attached hydrogen (secondary N) is 1. The number of para-hydroxylation sites is 1. The number of hydrogen-bond acceptors (Lipinski definition) is 4. The zero-order valence-corrected chi connectivity index (χ0v) is 12.7. The van der Waals surface area contributed by atoms with E-state index in [0.29, 0.717) is 15.7 Å². The lowest BCUT2D eigenvalue weighted by molar-refractivity contribution is 0.0998. The molecule has 2 aromatic heterocycles. The second kappa shape index (κ2) is 5.12. The molecule has 0 saturated carbocycles. The maximum absolute atomic E-state index is 12.3. The topological polar surface area (TPSA) is 55.1 Å². The summed E-state index contributed by atoms with van der Waals surface area (Å²) in [5, 5.41) is 4.81. The molecule has 0 atom stereocenters. The normalized spacial score (nSPS) is 11.1. The van der Waals surface area contributed by atoms with Crippen LogP contribution in [0.4, 0.5) is 5.13 Å². The number of anilines is 1. The van der Waals surface area contributed by atoms with Crippen LogP contribution in [-0.2, 0) is 0 Å². The van der Waals surface area contributed by atoms with E-state index in [9.17, 15) is 4.79 Å². The lowest BCUT2D eigenvalue weighted by Gasteiger charge is -1.96. The first-order chi connectivity index (χ1) is 10.7. The quantitative estimate of drug-likeness (QED) is 0.566. The molecule has 108 valence electrons. The number of fused-ring (bicyclic) bond motifs is 2. The summed E-state index contributed by atoms with van der Waals surface area (Å²) in [7, 11) is 0. The molecule has 0 aliphatic rings. The van der Waals surface area contributed by atoms with Gasteiger partial charge in [0, 0.05) is 10.4 Å². The van der Waals surface area contributed by atoms with Crippen molar-refractivity contribution in [2.24, 2.45) is 0 Å². The van der Waals surface area contributed by atoms with Gasteiger partial charge in [0.25, 0.3) is 5.91 Å². The minimum atomic E-state index is -0.318. The summed E-state index contributed by atoms with van der Waals surface area (Å²) in [4.78, 5) is 16.6. The number of thiazole rings is 1. The molecule has 2 aromatic carbocycles. The van der Waals surface area contributed by atoms with Gasteiger partial charge in [-0.2, -0.15) is 0 Å². The molecule has 0 saturated heterocycles. The zero-order chi connectivity index (χ0) is 15.1. The fourth-order valence-electron chi connectivity index (χ4n) is 2.20. The molecule has 4 rings (SSSR count). The number of hydrogen-bond donors (Lipinski definition) is 1. The number of amides is 1. The number of aromatic nitrogens is 1. The van der Waals surface area contributed by atoms with E-state index < -0.39 is 0 Å². The van der Waals surface area contributed by atoms with Crippen LogP contribution in [0.1, 0.15) is 10.6 Å². The number of carbonyl (C=O) groups excluding carboxylic acids is 1. The fraction of sp³-hybridized carbons (Fsp3) is 0. The molecule has 1 amide bonds. The van der Waals surface area contributed by atoms with E-state index in [1.165, 1.54) is 11.3 Å². The number of benzene rings is 2. The molecule has 0 spiro atoms. The first kappa shape index (κ1) is 13.3. The van der Waals surface area contributed by atoms with Crippen LogP contribution in [0.2, 0.25) is 5.02 Å². The molecule has 4 aromatic rings. The third-order valence-corrected chi connectivity index (χ3v) is 4.39. The highest BCUT2D eigenvalue weighted by Crippen LogP contribution is 2.29. The smallest absolute Gasteiger partial charge is 0.293 e. The summed E-state index contributed by atoms with van der Waals surface area (Å²) in [6.45, 7) is 0. The standard InChI is InChI=1S/C16H9ClN2O2S/c17-10-5-6-11-14(8-10)22-16(18-11)19-15(20)13-7-9-3-1-2-4-12(9)21-13/h1-8H,(H,18,19,20). The molecule has 0 aliphatic heterocycles. The summed E-state index contributed by atoms with van der Waals surface area (Å²) in [6.07, 6.45) is 0. The highest BCUT2D eigenvalue weighted by Gasteiger charge is 2.14. The summed E-state index contributed by atoms with van der Waals surface area (Å²) in [6, 6.07) is 14.6. The highest BCUT2D eigenvalue weighted by molar-refractivity contribution is 7.22. The lowest BCUT2D eigenvalue weighted by Crippen LogP contribution is -2.10. The average Bonchev–Trinajstić information content (AvgIpc) is 3.09. The molecule has 6 heteroatoms. The predicted molar refractivity (Wildman–Crippen MR) is 88.8 cm³/mol. The Hall–Kier alpha value is -2.37. The third kappa shape index (κ3) is 2.34. The van der Waals surface area contributed by atoms with Gasteiger partial charge in [0.15, 0.2) is 10.9 Å². The van der Waals surface area contributed by atoms with Crippen molar-refractivity contribution in [2.45, 2.75) is 0 Å². The minimum Gasteiger partial charge on any atom is -0.451 e. The molecular weight excluding hydrogens is 320 g/mol. The van der Waals surface area contributed by atoms with Gasteiger partial charge < -0.3 is 4.42 Å². The molecule has 0 bridgehead atoms. The Morgan fingerprint density at radius 3 is 2.91 bits per heavy atom. The Kier molecular flexibility index (Phi) is 3.10. The van der Waals surface area contributed by atoms with Gasteiger partial charge in [-0.25, -0.2) is 4.98 Å². The van der Waals surface area contributed by atoms with E-state index in [0.717, 1.165) is 15.6 Å². The summed E-state index contributed by atoms with van der Waals surface area (Å²) in [5.74, 6) is -0.0557. The number of halogens is 1. The van der Waals surface area contributed by atoms with Crippen molar-refractivity contribution in [3.05, 3.63) is 59.3 Å². The van der Waals surface area contributed by atoms with Crippen molar-refractivity contribution >= 4 is 55.2 Å². The lowest BCUT2D eigenvalue weighted by atomic mass is 10.2. The second-order valence-electron chi connectivity index (χ2n) is 4.73. The first-order valence-corrected chi connectivity index (χ1v) is 7.74. The number of nitrogens with zero attached hydrogens (tertiary/aromatic N) is 1. The van der Waals surface area contributed by atoms with Crippen molar-refractivity contribution in [3.63, 3.8) is 0 Å². The Morgan fingerprint density at radius 2 is 2.05 bits per heavy atom. The van der Waals surface area contributed by atoms with Gasteiger partial charge in [0.05, 0.1) is 10.2 Å². The van der Waals surface area contributed by atoms with Crippen LogP contribution < -0.4 is 5.32 Å². The van der Waals surface area contributed by atoms with E-state index in [2.05, 4.69) is 10.3 Å². The third-order valence-electron chi connectivity index (χ3n) is 3.22. The summed E-state index contributed by atoms with van der Waals surface area (Å²) < 4.78 is 6.46. The van der Waals surface area contributed by atoms with Crippen LogP contribution in [0.15, 0.2) is 52.9 Å². The van der Waals surface area contributed by atoms with Crippen molar-refractivity contribution in [3.8, 4) is 0 Å². The summed E-state index contributed by atoms with van der Waals surface area (Å²) >= 11 is 7.32. The van der Waals surface area contributed by atoms with Crippen molar-refractivity contribution in [1.82, 2.24) is 4.98 Å². The van der Waals surface area contributed by atoms with Crippen LogP contribution in [-0.4, -0.2) is 10.9 Å². The molecule has 0 fully saturated rings. The van der Waals surface area contributed by atoms with E-state index in [1.54, 1.807) is 12.1 Å². The van der Waals surface area contributed by atoms with Crippen LogP contribution >= 0.6 is 22.9 Å². The maximum atomic E-state index is 12.3. The van der Waals surface area contributed by atoms with Crippen molar-refractivity contribution < 1.29 is 9.21 Å². The molecule has 0 aliphatic carbocycles. The number of furan rings is 1. The van der Waals surface area contributed by atoms with E-state index in [1.807, 2.05) is 36.4 Å². The van der Waals surface area contributed by atoms with Gasteiger partial charge in [-0.1, -0.05) is 41.1 Å². The highest BCUT2D eigenvalue weighted by atomic mass is 35.5. The van der Waals surface area contributed by atoms with Gasteiger partial charge in [-0.05, 0) is 30.3 Å². The molecule has 0 unspecified atom stereocenters. The van der Waals surface area contributed by atoms with Crippen LogP contribution in [0.5, 0.6) is 0 Å². The number of rotatable bonds is 2. The Labute approximate surface area is 134 Å². The monoisotopic (exact) mass is 328 g/mol. The Balaban J connectivity index is 1.64. The SMILES string of the molecule is O=C(Nc1nc2ccc(Cl)cc2s1)c1cc2ccccc2o1. The molecule has 22 heavy (non-hydrogen) atoms. The van der Waals surface area contributed by atoms with E-state index in [-0.39, 0.29) is 11.7 Å². The average molecular weight is 329 g/mol. The molecule has 0 radical (unpaired) electrons.